The van der Waals surface area contributed by atoms with Crippen LogP contribution in [0.25, 0.3) is 0 Å². The number of aryl methyl sites for hydroxylation is 2. The molecule has 0 fully saturated rings. The number of benzene rings is 1. The van der Waals surface area contributed by atoms with Gasteiger partial charge in [0.25, 0.3) is 5.56 Å². The van der Waals surface area contributed by atoms with Crippen molar-refractivity contribution >= 4 is 23.9 Å². The predicted octanol–water partition coefficient (Wildman–Crippen LogP) is 3.31. The molecule has 0 saturated carbocycles. The van der Waals surface area contributed by atoms with E-state index in [0.29, 0.717) is 24.2 Å². The van der Waals surface area contributed by atoms with Crippen molar-refractivity contribution in [2.24, 2.45) is 0 Å². The maximum absolute atomic E-state index is 12.0. The molecule has 218 valence electrons. The summed E-state index contributed by atoms with van der Waals surface area (Å²) in [6.07, 6.45) is 0.939. The first-order chi connectivity index (χ1) is 19.6. The molecule has 0 aliphatic rings. The van der Waals surface area contributed by atoms with Gasteiger partial charge in [0.05, 0.1) is 45.3 Å². The summed E-state index contributed by atoms with van der Waals surface area (Å²) in [5.41, 5.74) is 1.54. The van der Waals surface area contributed by atoms with Gasteiger partial charge in [0.1, 0.15) is 17.7 Å². The molecule has 1 N–H and O–H groups in total. The second-order valence-corrected chi connectivity index (χ2v) is 8.19. The van der Waals surface area contributed by atoms with Gasteiger partial charge in [0.15, 0.2) is 0 Å². The van der Waals surface area contributed by atoms with Gasteiger partial charge in [0.2, 0.25) is 5.88 Å². The summed E-state index contributed by atoms with van der Waals surface area (Å²) in [7, 11) is 4.92. The summed E-state index contributed by atoms with van der Waals surface area (Å²) in [5, 5.41) is 0. The van der Waals surface area contributed by atoms with Gasteiger partial charge in [-0.25, -0.2) is 24.2 Å². The van der Waals surface area contributed by atoms with Gasteiger partial charge >= 0.3 is 23.9 Å². The Bertz CT molecular complexity index is 1450. The number of pyridine rings is 2. The Morgan fingerprint density at radius 1 is 0.707 bits per heavy atom. The van der Waals surface area contributed by atoms with E-state index in [-0.39, 0.29) is 34.7 Å². The van der Waals surface area contributed by atoms with Crippen LogP contribution < -0.4 is 10.3 Å². The average molecular weight is 569 g/mol. The number of nitrogens with zero attached hydrogens (tertiary/aromatic N) is 1. The van der Waals surface area contributed by atoms with E-state index in [0.717, 1.165) is 12.7 Å². The zero-order valence-electron chi connectivity index (χ0n) is 23.7. The summed E-state index contributed by atoms with van der Waals surface area (Å²) in [6.45, 7) is 3.88. The number of aromatic amines is 1. The van der Waals surface area contributed by atoms with Crippen LogP contribution in [0.1, 0.15) is 72.2 Å². The van der Waals surface area contributed by atoms with Crippen molar-refractivity contribution < 1.29 is 42.9 Å². The third kappa shape index (κ3) is 8.24. The van der Waals surface area contributed by atoms with E-state index < -0.39 is 29.4 Å². The minimum absolute atomic E-state index is 0.0889. The quantitative estimate of drug-likeness (QED) is 0.298. The highest BCUT2D eigenvalue weighted by Crippen LogP contribution is 2.23. The van der Waals surface area contributed by atoms with Crippen molar-refractivity contribution in [3.63, 3.8) is 0 Å². The lowest BCUT2D eigenvalue weighted by atomic mass is 10.1. The van der Waals surface area contributed by atoms with Crippen LogP contribution in [0.15, 0.2) is 47.3 Å². The van der Waals surface area contributed by atoms with Crippen LogP contribution >= 0.6 is 0 Å². The number of aromatic nitrogens is 2. The van der Waals surface area contributed by atoms with Crippen molar-refractivity contribution in [2.45, 2.75) is 33.3 Å². The summed E-state index contributed by atoms with van der Waals surface area (Å²) >= 11 is 0. The number of carbonyl (C=O) groups excluding carboxylic acids is 4. The first kappa shape index (κ1) is 32.2. The number of ether oxygens (including phenoxy) is 5. The van der Waals surface area contributed by atoms with E-state index in [1.807, 2.05) is 37.3 Å². The first-order valence-corrected chi connectivity index (χ1v) is 12.5. The Labute approximate surface area is 236 Å². The van der Waals surface area contributed by atoms with Crippen molar-refractivity contribution in [3.05, 3.63) is 92.0 Å². The predicted molar refractivity (Wildman–Crippen MR) is 146 cm³/mol. The second-order valence-electron chi connectivity index (χ2n) is 8.19. The lowest BCUT2D eigenvalue weighted by Gasteiger charge is -2.13. The molecule has 3 rings (SSSR count). The van der Waals surface area contributed by atoms with Crippen LogP contribution in [0.3, 0.4) is 0 Å². The maximum Gasteiger partial charge on any atom is 0.343 e. The molecule has 0 unspecified atom stereocenters. The van der Waals surface area contributed by atoms with E-state index in [1.165, 1.54) is 33.5 Å². The number of methoxy groups -OCH3 is 4. The molecule has 41 heavy (non-hydrogen) atoms. The molecule has 0 saturated heterocycles. The molecule has 12 nitrogen and oxygen atoms in total. The number of hydrogen-bond donors (Lipinski definition) is 1. The summed E-state index contributed by atoms with van der Waals surface area (Å²) in [6, 6.07) is 12.1. The fourth-order valence-corrected chi connectivity index (χ4v) is 3.58. The molecule has 0 aliphatic heterocycles. The molecule has 0 amide bonds. The van der Waals surface area contributed by atoms with E-state index >= 15 is 0 Å². The Hall–Kier alpha value is -5.00. The Morgan fingerprint density at radius 3 is 1.76 bits per heavy atom. The maximum atomic E-state index is 12.0. The minimum atomic E-state index is -0.793. The number of rotatable bonds is 9. The number of esters is 4. The van der Waals surface area contributed by atoms with Gasteiger partial charge in [-0.05, 0) is 30.5 Å². The molecular weight excluding hydrogens is 536 g/mol. The van der Waals surface area contributed by atoms with Gasteiger partial charge in [0, 0.05) is 5.69 Å². The molecule has 3 aromatic rings. The van der Waals surface area contributed by atoms with Gasteiger partial charge in [-0.3, -0.25) is 4.79 Å². The second kappa shape index (κ2) is 15.6. The molecule has 12 heteroatoms. The first-order valence-electron chi connectivity index (χ1n) is 12.5. The molecule has 1 aromatic carbocycles. The van der Waals surface area contributed by atoms with Crippen LogP contribution in [-0.4, -0.2) is 62.3 Å². The number of H-pyrrole nitrogens is 1. The lowest BCUT2D eigenvalue weighted by molar-refractivity contribution is 0.0576. The fourth-order valence-electron chi connectivity index (χ4n) is 3.58. The van der Waals surface area contributed by atoms with Crippen LogP contribution in [0.2, 0.25) is 0 Å². The Balaban J connectivity index is 0.000000305. The minimum Gasteiger partial charge on any atom is -0.472 e. The standard InChI is InChI=1S/C18H19NO5.C11H13NO5/c1-4-15-13(17(20)22-2)10-14(18(21)23-3)16(19-15)24-11-12-8-6-5-7-9-12;1-4-8-6(10(14)16-2)5-7(9(13)12-8)11(15)17-3/h5-10H,4,11H2,1-3H3;5H,4H2,1-3H3,(H,12,13). The Morgan fingerprint density at radius 2 is 1.22 bits per heavy atom. The van der Waals surface area contributed by atoms with Crippen LogP contribution in [0.4, 0.5) is 0 Å². The molecule has 0 radical (unpaired) electrons. The Kier molecular flexibility index (Phi) is 12.2. The third-order valence-corrected chi connectivity index (χ3v) is 5.72. The molecule has 0 spiro atoms. The molecule has 0 aliphatic carbocycles. The molecular formula is C29H32N2O10. The van der Waals surface area contributed by atoms with Gasteiger partial charge < -0.3 is 28.7 Å². The zero-order valence-corrected chi connectivity index (χ0v) is 23.7. The number of hydrogen-bond acceptors (Lipinski definition) is 11. The summed E-state index contributed by atoms with van der Waals surface area (Å²) in [4.78, 5) is 65.0. The number of carbonyl (C=O) groups is 4. The largest absolute Gasteiger partial charge is 0.472 e. The van der Waals surface area contributed by atoms with Gasteiger partial charge in [-0.2, -0.15) is 0 Å². The van der Waals surface area contributed by atoms with Crippen molar-refractivity contribution in [1.82, 2.24) is 9.97 Å². The van der Waals surface area contributed by atoms with Gasteiger partial charge in [-0.1, -0.05) is 44.2 Å². The monoisotopic (exact) mass is 568 g/mol. The van der Waals surface area contributed by atoms with Crippen molar-refractivity contribution in [1.29, 1.82) is 0 Å². The normalized spacial score (nSPS) is 10.0. The van der Waals surface area contributed by atoms with Crippen LogP contribution in [0.5, 0.6) is 5.88 Å². The van der Waals surface area contributed by atoms with E-state index in [2.05, 4.69) is 19.4 Å². The van der Waals surface area contributed by atoms with Crippen molar-refractivity contribution in [2.75, 3.05) is 28.4 Å². The fraction of sp³-hybridized carbons (Fsp3) is 0.310. The van der Waals surface area contributed by atoms with E-state index in [4.69, 9.17) is 14.2 Å². The lowest BCUT2D eigenvalue weighted by Crippen LogP contribution is -2.23. The molecule has 0 atom stereocenters. The molecule has 0 bridgehead atoms. The van der Waals surface area contributed by atoms with E-state index in [9.17, 15) is 24.0 Å². The summed E-state index contributed by atoms with van der Waals surface area (Å²) < 4.78 is 24.2. The SMILES string of the molecule is CCc1[nH]c(=O)c(C(=O)OC)cc1C(=O)OC.CCc1nc(OCc2ccccc2)c(C(=O)OC)cc1C(=O)OC. The van der Waals surface area contributed by atoms with Crippen LogP contribution in [0, 0.1) is 0 Å². The zero-order chi connectivity index (χ0) is 30.5. The number of nitrogens with one attached hydrogen (secondary N) is 1. The highest BCUT2D eigenvalue weighted by molar-refractivity contribution is 5.97. The van der Waals surface area contributed by atoms with Crippen LogP contribution in [-0.2, 0) is 38.4 Å². The third-order valence-electron chi connectivity index (χ3n) is 5.72. The van der Waals surface area contributed by atoms with Crippen molar-refractivity contribution in [3.8, 4) is 5.88 Å². The smallest absolute Gasteiger partial charge is 0.343 e. The highest BCUT2D eigenvalue weighted by Gasteiger charge is 2.23. The molecule has 2 heterocycles. The molecule has 2 aromatic heterocycles. The highest BCUT2D eigenvalue weighted by atomic mass is 16.5. The summed E-state index contributed by atoms with van der Waals surface area (Å²) in [5.74, 6) is -2.45. The van der Waals surface area contributed by atoms with Gasteiger partial charge in [-0.15, -0.1) is 0 Å². The topological polar surface area (TPSA) is 160 Å². The van der Waals surface area contributed by atoms with E-state index in [1.54, 1.807) is 6.92 Å². The average Bonchev–Trinajstić information content (AvgIpc) is 3.02.